The molecule has 5 heteroatoms. The number of nitrogens with zero attached hydrogens (tertiary/aromatic N) is 1. The fraction of sp³-hybridized carbons (Fsp3) is 0.400. The van der Waals surface area contributed by atoms with Gasteiger partial charge in [-0.25, -0.2) is 0 Å². The number of non-ortho nitro benzene ring substituents is 1. The van der Waals surface area contributed by atoms with Crippen molar-refractivity contribution in [3.63, 3.8) is 0 Å². The number of benzene rings is 1. The fourth-order valence-corrected chi connectivity index (χ4v) is 1.24. The Hall–Kier alpha value is -1.46. The number of nitro benzene ring substituents is 1. The Balaban J connectivity index is 2.76. The van der Waals surface area contributed by atoms with Gasteiger partial charge >= 0.3 is 0 Å². The molecule has 0 saturated heterocycles. The van der Waals surface area contributed by atoms with Crippen molar-refractivity contribution in [1.82, 2.24) is 5.32 Å². The zero-order valence-electron chi connectivity index (χ0n) is 8.51. The molecule has 0 spiro atoms. The zero-order chi connectivity index (χ0) is 11.3. The second-order valence-electron chi connectivity index (χ2n) is 3.18. The molecule has 1 atom stereocenters. The maximum atomic E-state index is 10.5. The average Bonchev–Trinajstić information content (AvgIpc) is 2.26. The number of nitrogens with one attached hydrogen (secondary N) is 1. The molecule has 0 radical (unpaired) electrons. The molecular weight excluding hydrogens is 196 g/mol. The molecule has 0 aliphatic heterocycles. The van der Waals surface area contributed by atoms with E-state index in [1.54, 1.807) is 12.1 Å². The lowest BCUT2D eigenvalue weighted by Crippen LogP contribution is -2.20. The SMILES string of the molecule is CCNCC(O)c1cccc([N+](=O)[O-])c1. The van der Waals surface area contributed by atoms with E-state index in [0.717, 1.165) is 6.54 Å². The summed E-state index contributed by atoms with van der Waals surface area (Å²) in [6, 6.07) is 6.04. The minimum Gasteiger partial charge on any atom is -0.387 e. The largest absolute Gasteiger partial charge is 0.387 e. The maximum Gasteiger partial charge on any atom is 0.269 e. The van der Waals surface area contributed by atoms with E-state index in [-0.39, 0.29) is 5.69 Å². The van der Waals surface area contributed by atoms with Crippen molar-refractivity contribution in [2.24, 2.45) is 0 Å². The van der Waals surface area contributed by atoms with Crippen LogP contribution in [0.15, 0.2) is 24.3 Å². The first-order chi connectivity index (χ1) is 7.15. The lowest BCUT2D eigenvalue weighted by Gasteiger charge is -2.10. The van der Waals surface area contributed by atoms with Gasteiger partial charge in [0.1, 0.15) is 0 Å². The highest BCUT2D eigenvalue weighted by atomic mass is 16.6. The molecule has 0 aliphatic carbocycles. The molecule has 1 aromatic rings. The molecule has 0 heterocycles. The van der Waals surface area contributed by atoms with Crippen molar-refractivity contribution < 1.29 is 10.0 Å². The third-order valence-corrected chi connectivity index (χ3v) is 2.05. The molecule has 5 nitrogen and oxygen atoms in total. The van der Waals surface area contributed by atoms with Crippen molar-refractivity contribution >= 4 is 5.69 Å². The minimum atomic E-state index is -0.704. The third kappa shape index (κ3) is 3.30. The number of aliphatic hydroxyl groups is 1. The van der Waals surface area contributed by atoms with Crippen LogP contribution in [0.4, 0.5) is 5.69 Å². The summed E-state index contributed by atoms with van der Waals surface area (Å²) < 4.78 is 0. The Bertz CT molecular complexity index is 341. The van der Waals surface area contributed by atoms with Crippen LogP contribution in [0.5, 0.6) is 0 Å². The van der Waals surface area contributed by atoms with Crippen LogP contribution in [0.3, 0.4) is 0 Å². The molecule has 82 valence electrons. The van der Waals surface area contributed by atoms with Gasteiger partial charge in [0.2, 0.25) is 0 Å². The van der Waals surface area contributed by atoms with Crippen LogP contribution in [0.2, 0.25) is 0 Å². The Kier molecular flexibility index (Phi) is 4.20. The van der Waals surface area contributed by atoms with Gasteiger partial charge in [0, 0.05) is 18.7 Å². The molecule has 15 heavy (non-hydrogen) atoms. The average molecular weight is 210 g/mol. The van der Waals surface area contributed by atoms with Gasteiger partial charge in [0.15, 0.2) is 0 Å². The van der Waals surface area contributed by atoms with Crippen molar-refractivity contribution in [2.45, 2.75) is 13.0 Å². The number of likely N-dealkylation sites (N-methyl/N-ethyl adjacent to an activating group) is 1. The number of aliphatic hydroxyl groups excluding tert-OH is 1. The van der Waals surface area contributed by atoms with E-state index in [2.05, 4.69) is 5.32 Å². The van der Waals surface area contributed by atoms with Gasteiger partial charge in [-0.2, -0.15) is 0 Å². The second-order valence-corrected chi connectivity index (χ2v) is 3.18. The van der Waals surface area contributed by atoms with Crippen molar-refractivity contribution in [3.8, 4) is 0 Å². The highest BCUT2D eigenvalue weighted by Gasteiger charge is 2.11. The highest BCUT2D eigenvalue weighted by molar-refractivity contribution is 5.35. The molecule has 0 aromatic heterocycles. The van der Waals surface area contributed by atoms with Gasteiger partial charge < -0.3 is 10.4 Å². The number of hydrogen-bond acceptors (Lipinski definition) is 4. The van der Waals surface area contributed by atoms with Gasteiger partial charge in [-0.3, -0.25) is 10.1 Å². The van der Waals surface area contributed by atoms with Gasteiger partial charge in [0.25, 0.3) is 5.69 Å². The van der Waals surface area contributed by atoms with E-state index in [1.165, 1.54) is 12.1 Å². The summed E-state index contributed by atoms with van der Waals surface area (Å²) in [5.41, 5.74) is 0.563. The molecule has 2 N–H and O–H groups in total. The molecule has 1 unspecified atom stereocenters. The Morgan fingerprint density at radius 1 is 1.60 bits per heavy atom. The summed E-state index contributed by atoms with van der Waals surface area (Å²) in [7, 11) is 0. The summed E-state index contributed by atoms with van der Waals surface area (Å²) in [4.78, 5) is 10.0. The minimum absolute atomic E-state index is 0.00282. The van der Waals surface area contributed by atoms with E-state index in [9.17, 15) is 15.2 Å². The lowest BCUT2D eigenvalue weighted by atomic mass is 10.1. The quantitative estimate of drug-likeness (QED) is 0.566. The molecule has 1 aromatic carbocycles. The summed E-state index contributed by atoms with van der Waals surface area (Å²) in [6.45, 7) is 3.09. The van der Waals surface area contributed by atoms with Crippen LogP contribution >= 0.6 is 0 Å². The van der Waals surface area contributed by atoms with Gasteiger partial charge in [-0.05, 0) is 12.1 Å². The van der Waals surface area contributed by atoms with Crippen LogP contribution in [0.25, 0.3) is 0 Å². The Morgan fingerprint density at radius 3 is 2.93 bits per heavy atom. The summed E-state index contributed by atoms with van der Waals surface area (Å²) in [5, 5.41) is 23.1. The van der Waals surface area contributed by atoms with E-state index < -0.39 is 11.0 Å². The number of rotatable bonds is 5. The number of hydrogen-bond donors (Lipinski definition) is 2. The second kappa shape index (κ2) is 5.43. The van der Waals surface area contributed by atoms with Crippen LogP contribution in [-0.2, 0) is 0 Å². The fourth-order valence-electron chi connectivity index (χ4n) is 1.24. The van der Waals surface area contributed by atoms with Gasteiger partial charge in [-0.15, -0.1) is 0 Å². The van der Waals surface area contributed by atoms with Crippen LogP contribution in [0.1, 0.15) is 18.6 Å². The first-order valence-corrected chi connectivity index (χ1v) is 4.78. The predicted octanol–water partition coefficient (Wildman–Crippen LogP) is 1.24. The number of nitro groups is 1. The summed E-state index contributed by atoms with van der Waals surface area (Å²) in [5.74, 6) is 0. The first-order valence-electron chi connectivity index (χ1n) is 4.78. The van der Waals surface area contributed by atoms with Gasteiger partial charge in [0.05, 0.1) is 11.0 Å². The lowest BCUT2D eigenvalue weighted by molar-refractivity contribution is -0.385. The predicted molar refractivity (Wildman–Crippen MR) is 56.6 cm³/mol. The third-order valence-electron chi connectivity index (χ3n) is 2.05. The summed E-state index contributed by atoms with van der Waals surface area (Å²) >= 11 is 0. The molecule has 0 saturated carbocycles. The zero-order valence-corrected chi connectivity index (χ0v) is 8.51. The Morgan fingerprint density at radius 2 is 2.33 bits per heavy atom. The molecular formula is C10H14N2O3. The molecule has 0 amide bonds. The topological polar surface area (TPSA) is 75.4 Å². The molecule has 1 rings (SSSR count). The monoisotopic (exact) mass is 210 g/mol. The van der Waals surface area contributed by atoms with E-state index in [4.69, 9.17) is 0 Å². The normalized spacial score (nSPS) is 12.4. The maximum absolute atomic E-state index is 10.5. The van der Waals surface area contributed by atoms with Gasteiger partial charge in [-0.1, -0.05) is 19.1 Å². The summed E-state index contributed by atoms with van der Waals surface area (Å²) in [6.07, 6.45) is -0.704. The van der Waals surface area contributed by atoms with Crippen LogP contribution < -0.4 is 5.32 Å². The molecule has 0 bridgehead atoms. The van der Waals surface area contributed by atoms with E-state index in [0.29, 0.717) is 12.1 Å². The van der Waals surface area contributed by atoms with Crippen LogP contribution in [-0.4, -0.2) is 23.1 Å². The Labute approximate surface area is 87.9 Å². The molecule has 0 fully saturated rings. The van der Waals surface area contributed by atoms with Crippen molar-refractivity contribution in [2.75, 3.05) is 13.1 Å². The standard InChI is InChI=1S/C10H14N2O3/c1-2-11-7-10(13)8-4-3-5-9(6-8)12(14)15/h3-6,10-11,13H,2,7H2,1H3. The molecule has 0 aliphatic rings. The van der Waals surface area contributed by atoms with Crippen molar-refractivity contribution in [1.29, 1.82) is 0 Å². The van der Waals surface area contributed by atoms with Crippen LogP contribution in [0, 0.1) is 10.1 Å². The first kappa shape index (κ1) is 11.6. The smallest absolute Gasteiger partial charge is 0.269 e. The van der Waals surface area contributed by atoms with Crippen molar-refractivity contribution in [3.05, 3.63) is 39.9 Å². The van der Waals surface area contributed by atoms with E-state index >= 15 is 0 Å². The van der Waals surface area contributed by atoms with E-state index in [1.807, 2.05) is 6.92 Å². The highest BCUT2D eigenvalue weighted by Crippen LogP contribution is 2.18.